The van der Waals surface area contributed by atoms with Gasteiger partial charge in [-0.25, -0.2) is 0 Å². The zero-order valence-corrected chi connectivity index (χ0v) is 9.98. The van der Waals surface area contributed by atoms with Gasteiger partial charge in [0.15, 0.2) is 0 Å². The average molecular weight is 254 g/mol. The monoisotopic (exact) mass is 253 g/mol. The van der Waals surface area contributed by atoms with Crippen LogP contribution in [0, 0.1) is 12.3 Å². The third kappa shape index (κ3) is 1.89. The molecular weight excluding hydrogens is 245 g/mol. The van der Waals surface area contributed by atoms with Gasteiger partial charge in [0.05, 0.1) is 17.3 Å². The highest BCUT2D eigenvalue weighted by atomic mass is 35.5. The van der Waals surface area contributed by atoms with E-state index in [-0.39, 0.29) is 12.5 Å². The zero-order valence-electron chi connectivity index (χ0n) is 8.46. The minimum absolute atomic E-state index is 0.00896. The number of fused-ring (bicyclic) bond motifs is 1. The van der Waals surface area contributed by atoms with Crippen molar-refractivity contribution in [2.24, 2.45) is 0 Å². The van der Waals surface area contributed by atoms with Crippen molar-refractivity contribution < 1.29 is 4.79 Å². The molecule has 0 aromatic heterocycles. The number of carbonyl (C=O) groups is 1. The lowest BCUT2D eigenvalue weighted by Crippen LogP contribution is -2.35. The summed E-state index contributed by atoms with van der Waals surface area (Å²) in [6.07, 6.45) is 6.36. The number of anilines is 1. The number of aryl methyl sites for hydroxylation is 1. The Morgan fingerprint density at radius 2 is 2.12 bits per heavy atom. The number of amides is 1. The second-order valence-corrected chi connectivity index (χ2v) is 4.42. The number of nitrogens with zero attached hydrogens (tertiary/aromatic N) is 1. The van der Waals surface area contributed by atoms with Crippen LogP contribution in [0.3, 0.4) is 0 Å². The van der Waals surface area contributed by atoms with E-state index in [1.807, 2.05) is 6.07 Å². The molecule has 16 heavy (non-hydrogen) atoms. The topological polar surface area (TPSA) is 20.3 Å². The van der Waals surface area contributed by atoms with Crippen LogP contribution < -0.4 is 4.90 Å². The Labute approximate surface area is 104 Å². The van der Waals surface area contributed by atoms with E-state index in [4.69, 9.17) is 29.6 Å². The molecule has 0 atom stereocenters. The van der Waals surface area contributed by atoms with E-state index < -0.39 is 0 Å². The van der Waals surface area contributed by atoms with Gasteiger partial charge in [0, 0.05) is 11.4 Å². The third-order valence-corrected chi connectivity index (χ3v) is 3.04. The van der Waals surface area contributed by atoms with E-state index >= 15 is 0 Å². The van der Waals surface area contributed by atoms with Gasteiger partial charge in [-0.15, -0.1) is 6.42 Å². The summed E-state index contributed by atoms with van der Waals surface area (Å²) in [5.41, 5.74) is 1.69. The number of carbonyl (C=O) groups excluding carboxylic acids is 1. The molecule has 1 aromatic rings. The maximum absolute atomic E-state index is 11.7. The second-order valence-electron chi connectivity index (χ2n) is 3.58. The van der Waals surface area contributed by atoms with Crippen molar-refractivity contribution in [2.75, 3.05) is 11.4 Å². The lowest BCUT2D eigenvalue weighted by atomic mass is 10.0. The van der Waals surface area contributed by atoms with Gasteiger partial charge in [0.1, 0.15) is 0 Å². The van der Waals surface area contributed by atoms with Crippen LogP contribution in [0.2, 0.25) is 10.0 Å². The molecule has 1 heterocycles. The number of hydrogen-bond donors (Lipinski definition) is 0. The summed E-state index contributed by atoms with van der Waals surface area (Å²) in [4.78, 5) is 13.3. The fraction of sp³-hybridized carbons (Fsp3) is 0.250. The van der Waals surface area contributed by atoms with Crippen LogP contribution in [0.5, 0.6) is 0 Å². The van der Waals surface area contributed by atoms with E-state index in [2.05, 4.69) is 5.92 Å². The summed E-state index contributed by atoms with van der Waals surface area (Å²) in [7, 11) is 0. The van der Waals surface area contributed by atoms with Crippen LogP contribution >= 0.6 is 23.2 Å². The van der Waals surface area contributed by atoms with Gasteiger partial charge < -0.3 is 0 Å². The van der Waals surface area contributed by atoms with Gasteiger partial charge >= 0.3 is 0 Å². The molecule has 0 saturated carbocycles. The number of terminal acetylenes is 1. The van der Waals surface area contributed by atoms with Crippen molar-refractivity contribution >= 4 is 34.8 Å². The quantitative estimate of drug-likeness (QED) is 0.705. The highest BCUT2D eigenvalue weighted by molar-refractivity contribution is 6.37. The molecular formula is C12H9Cl2NO. The van der Waals surface area contributed by atoms with Gasteiger partial charge in [-0.3, -0.25) is 9.69 Å². The molecule has 2 nitrogen and oxygen atoms in total. The SMILES string of the molecule is C#CCN1C(=O)CCc2cc(Cl)cc(Cl)c21. The minimum Gasteiger partial charge on any atom is -0.299 e. The van der Waals surface area contributed by atoms with Gasteiger partial charge in [-0.1, -0.05) is 29.1 Å². The molecule has 4 heteroatoms. The van der Waals surface area contributed by atoms with E-state index in [0.717, 1.165) is 5.56 Å². The van der Waals surface area contributed by atoms with Crippen molar-refractivity contribution in [2.45, 2.75) is 12.8 Å². The first-order valence-electron chi connectivity index (χ1n) is 4.85. The first-order valence-corrected chi connectivity index (χ1v) is 5.61. The third-order valence-electron chi connectivity index (χ3n) is 2.54. The Morgan fingerprint density at radius 3 is 2.81 bits per heavy atom. The first kappa shape index (κ1) is 11.3. The molecule has 0 N–H and O–H groups in total. The molecule has 0 spiro atoms. The van der Waals surface area contributed by atoms with Crippen molar-refractivity contribution in [1.29, 1.82) is 0 Å². The Balaban J connectivity index is 2.55. The van der Waals surface area contributed by atoms with E-state index in [1.165, 1.54) is 4.90 Å². The molecule has 0 saturated heterocycles. The normalized spacial score (nSPS) is 14.6. The van der Waals surface area contributed by atoms with Gasteiger partial charge in [0.2, 0.25) is 5.91 Å². The Hall–Kier alpha value is -1.17. The number of benzene rings is 1. The first-order chi connectivity index (χ1) is 7.63. The fourth-order valence-electron chi connectivity index (χ4n) is 1.87. The highest BCUT2D eigenvalue weighted by Gasteiger charge is 2.26. The largest absolute Gasteiger partial charge is 0.299 e. The maximum atomic E-state index is 11.7. The highest BCUT2D eigenvalue weighted by Crippen LogP contribution is 2.36. The number of hydrogen-bond acceptors (Lipinski definition) is 1. The van der Waals surface area contributed by atoms with E-state index in [9.17, 15) is 4.79 Å². The van der Waals surface area contributed by atoms with Crippen LogP contribution in [0.1, 0.15) is 12.0 Å². The zero-order chi connectivity index (χ0) is 11.7. The Bertz CT molecular complexity index is 491. The molecule has 0 aliphatic carbocycles. The summed E-state index contributed by atoms with van der Waals surface area (Å²) in [5.74, 6) is 2.47. The molecule has 1 aliphatic heterocycles. The summed E-state index contributed by atoms with van der Waals surface area (Å²) < 4.78 is 0. The van der Waals surface area contributed by atoms with Crippen molar-refractivity contribution in [3.8, 4) is 12.3 Å². The number of halogens is 2. The van der Waals surface area contributed by atoms with E-state index in [1.54, 1.807) is 6.07 Å². The molecule has 0 unspecified atom stereocenters. The smallest absolute Gasteiger partial charge is 0.228 e. The van der Waals surface area contributed by atoms with E-state index in [0.29, 0.717) is 28.6 Å². The van der Waals surface area contributed by atoms with Crippen LogP contribution in [0.25, 0.3) is 0 Å². The minimum atomic E-state index is 0.00896. The summed E-state index contributed by atoms with van der Waals surface area (Å²) in [5, 5.41) is 1.06. The molecule has 82 valence electrons. The van der Waals surface area contributed by atoms with Gasteiger partial charge in [-0.2, -0.15) is 0 Å². The lowest BCUT2D eigenvalue weighted by Gasteiger charge is -2.28. The molecule has 1 aromatic carbocycles. The lowest BCUT2D eigenvalue weighted by molar-refractivity contribution is -0.118. The van der Waals surface area contributed by atoms with Gasteiger partial charge in [-0.05, 0) is 24.1 Å². The standard InChI is InChI=1S/C12H9Cl2NO/c1-2-5-15-11(16)4-3-8-6-9(13)7-10(14)12(8)15/h1,6-7H,3-5H2. The molecule has 0 radical (unpaired) electrons. The van der Waals surface area contributed by atoms with Crippen LogP contribution in [-0.2, 0) is 11.2 Å². The number of rotatable bonds is 1. The Morgan fingerprint density at radius 1 is 1.38 bits per heavy atom. The molecule has 1 aliphatic rings. The summed E-state index contributed by atoms with van der Waals surface area (Å²) >= 11 is 12.0. The van der Waals surface area contributed by atoms with Crippen LogP contribution in [0.4, 0.5) is 5.69 Å². The predicted octanol–water partition coefficient (Wildman–Crippen LogP) is 2.91. The average Bonchev–Trinajstić information content (AvgIpc) is 2.22. The molecule has 1 amide bonds. The van der Waals surface area contributed by atoms with Crippen molar-refractivity contribution in [1.82, 2.24) is 0 Å². The van der Waals surface area contributed by atoms with Crippen LogP contribution in [0.15, 0.2) is 12.1 Å². The molecule has 0 bridgehead atoms. The maximum Gasteiger partial charge on any atom is 0.228 e. The molecule has 2 rings (SSSR count). The van der Waals surface area contributed by atoms with Crippen molar-refractivity contribution in [3.05, 3.63) is 27.7 Å². The second kappa shape index (κ2) is 4.37. The van der Waals surface area contributed by atoms with Crippen molar-refractivity contribution in [3.63, 3.8) is 0 Å². The fourth-order valence-corrected chi connectivity index (χ4v) is 2.51. The predicted molar refractivity (Wildman–Crippen MR) is 66.0 cm³/mol. The van der Waals surface area contributed by atoms with Crippen LogP contribution in [-0.4, -0.2) is 12.5 Å². The van der Waals surface area contributed by atoms with Gasteiger partial charge in [0.25, 0.3) is 0 Å². The summed E-state index contributed by atoms with van der Waals surface area (Å²) in [6, 6.07) is 3.46. The summed E-state index contributed by atoms with van der Waals surface area (Å²) in [6.45, 7) is 0.243. The Kier molecular flexibility index (Phi) is 3.09. The molecule has 0 fully saturated rings.